The van der Waals surface area contributed by atoms with Crippen molar-refractivity contribution in [3.05, 3.63) is 35.9 Å². The zero-order valence-electron chi connectivity index (χ0n) is 9.30. The SMILES string of the molecule is N#CCCN1CCO[C@H](c2ccccc2)C1. The van der Waals surface area contributed by atoms with Gasteiger partial charge >= 0.3 is 0 Å². The van der Waals surface area contributed by atoms with Crippen molar-refractivity contribution in [2.75, 3.05) is 26.2 Å². The number of ether oxygens (including phenoxy) is 1. The van der Waals surface area contributed by atoms with E-state index in [0.717, 1.165) is 26.2 Å². The van der Waals surface area contributed by atoms with E-state index >= 15 is 0 Å². The standard InChI is InChI=1S/C13H16N2O/c14-7-4-8-15-9-10-16-13(11-15)12-5-2-1-3-6-12/h1-3,5-6,13H,4,8-11H2/t13-/m0/s1. The molecule has 2 rings (SSSR count). The molecule has 1 fully saturated rings. The van der Waals surface area contributed by atoms with E-state index in [1.165, 1.54) is 5.56 Å². The number of benzene rings is 1. The van der Waals surface area contributed by atoms with Crippen LogP contribution in [0.25, 0.3) is 0 Å². The van der Waals surface area contributed by atoms with Crippen LogP contribution in [0.5, 0.6) is 0 Å². The molecule has 1 saturated heterocycles. The van der Waals surface area contributed by atoms with Crippen molar-refractivity contribution in [2.45, 2.75) is 12.5 Å². The minimum atomic E-state index is 0.161. The minimum Gasteiger partial charge on any atom is -0.371 e. The van der Waals surface area contributed by atoms with Gasteiger partial charge in [0.15, 0.2) is 0 Å². The second kappa shape index (κ2) is 5.64. The fourth-order valence-electron chi connectivity index (χ4n) is 1.98. The van der Waals surface area contributed by atoms with Crippen LogP contribution in [0.15, 0.2) is 30.3 Å². The molecule has 0 radical (unpaired) electrons. The third-order valence-electron chi connectivity index (χ3n) is 2.86. The molecule has 0 aliphatic carbocycles. The first-order valence-corrected chi connectivity index (χ1v) is 5.66. The first kappa shape index (κ1) is 11.1. The summed E-state index contributed by atoms with van der Waals surface area (Å²) in [5.41, 5.74) is 1.23. The zero-order chi connectivity index (χ0) is 11.2. The molecular weight excluding hydrogens is 200 g/mol. The van der Waals surface area contributed by atoms with Gasteiger partial charge in [0.1, 0.15) is 0 Å². The molecule has 84 valence electrons. The molecule has 1 aliphatic heterocycles. The highest BCUT2D eigenvalue weighted by molar-refractivity contribution is 5.18. The van der Waals surface area contributed by atoms with Crippen LogP contribution in [0, 0.1) is 11.3 Å². The first-order valence-electron chi connectivity index (χ1n) is 5.66. The van der Waals surface area contributed by atoms with E-state index in [0.29, 0.717) is 6.42 Å². The second-order valence-corrected chi connectivity index (χ2v) is 3.98. The molecule has 0 unspecified atom stereocenters. The third-order valence-corrected chi connectivity index (χ3v) is 2.86. The zero-order valence-corrected chi connectivity index (χ0v) is 9.30. The van der Waals surface area contributed by atoms with Crippen molar-refractivity contribution < 1.29 is 4.74 Å². The van der Waals surface area contributed by atoms with Crippen LogP contribution < -0.4 is 0 Å². The molecular formula is C13H16N2O. The number of morpholine rings is 1. The maximum absolute atomic E-state index is 8.57. The molecule has 0 aromatic heterocycles. The van der Waals surface area contributed by atoms with Gasteiger partial charge in [0, 0.05) is 26.1 Å². The number of hydrogen-bond acceptors (Lipinski definition) is 3. The van der Waals surface area contributed by atoms with E-state index < -0.39 is 0 Å². The van der Waals surface area contributed by atoms with Crippen molar-refractivity contribution >= 4 is 0 Å². The molecule has 1 heterocycles. The molecule has 1 aliphatic rings. The van der Waals surface area contributed by atoms with Crippen LogP contribution >= 0.6 is 0 Å². The second-order valence-electron chi connectivity index (χ2n) is 3.98. The lowest BCUT2D eigenvalue weighted by atomic mass is 10.1. The van der Waals surface area contributed by atoms with Gasteiger partial charge in [0.2, 0.25) is 0 Å². The number of rotatable bonds is 3. The summed E-state index contributed by atoms with van der Waals surface area (Å²) in [5.74, 6) is 0. The lowest BCUT2D eigenvalue weighted by Crippen LogP contribution is -2.38. The van der Waals surface area contributed by atoms with E-state index in [1.807, 2.05) is 18.2 Å². The van der Waals surface area contributed by atoms with Gasteiger partial charge < -0.3 is 4.74 Å². The quantitative estimate of drug-likeness (QED) is 0.775. The van der Waals surface area contributed by atoms with Gasteiger partial charge in [-0.2, -0.15) is 5.26 Å². The molecule has 0 saturated carbocycles. The van der Waals surface area contributed by atoms with Crippen LogP contribution in [0.3, 0.4) is 0 Å². The van der Waals surface area contributed by atoms with E-state index in [2.05, 4.69) is 23.1 Å². The molecule has 0 bridgehead atoms. The molecule has 0 amide bonds. The average molecular weight is 216 g/mol. The maximum Gasteiger partial charge on any atom is 0.0952 e. The Morgan fingerprint density at radius 1 is 1.38 bits per heavy atom. The Hall–Kier alpha value is -1.37. The van der Waals surface area contributed by atoms with Gasteiger partial charge in [-0.25, -0.2) is 0 Å². The van der Waals surface area contributed by atoms with Crippen molar-refractivity contribution in [1.82, 2.24) is 4.90 Å². The number of nitrogens with zero attached hydrogens (tertiary/aromatic N) is 2. The fourth-order valence-corrected chi connectivity index (χ4v) is 1.98. The lowest BCUT2D eigenvalue weighted by molar-refractivity contribution is -0.0292. The first-order chi connectivity index (χ1) is 7.90. The van der Waals surface area contributed by atoms with Crippen LogP contribution in [0.2, 0.25) is 0 Å². The van der Waals surface area contributed by atoms with Gasteiger partial charge in [-0.05, 0) is 5.56 Å². The van der Waals surface area contributed by atoms with Gasteiger partial charge in [-0.1, -0.05) is 30.3 Å². The van der Waals surface area contributed by atoms with Gasteiger partial charge in [-0.15, -0.1) is 0 Å². The van der Waals surface area contributed by atoms with Crippen LogP contribution in [0.1, 0.15) is 18.1 Å². The Bertz CT molecular complexity index is 358. The van der Waals surface area contributed by atoms with Crippen molar-refractivity contribution in [1.29, 1.82) is 5.26 Å². The highest BCUT2D eigenvalue weighted by atomic mass is 16.5. The molecule has 0 spiro atoms. The summed E-state index contributed by atoms with van der Waals surface area (Å²) in [6, 6.07) is 12.5. The predicted octanol–water partition coefficient (Wildman–Crippen LogP) is 1.97. The number of nitriles is 1. The van der Waals surface area contributed by atoms with E-state index in [-0.39, 0.29) is 6.10 Å². The number of hydrogen-bond donors (Lipinski definition) is 0. The van der Waals surface area contributed by atoms with Crippen molar-refractivity contribution in [2.24, 2.45) is 0 Å². The summed E-state index contributed by atoms with van der Waals surface area (Å²) in [6.07, 6.45) is 0.760. The van der Waals surface area contributed by atoms with Crippen LogP contribution in [0.4, 0.5) is 0 Å². The van der Waals surface area contributed by atoms with E-state index in [1.54, 1.807) is 0 Å². The molecule has 16 heavy (non-hydrogen) atoms. The average Bonchev–Trinajstić information content (AvgIpc) is 2.38. The summed E-state index contributed by atoms with van der Waals surface area (Å²) < 4.78 is 5.75. The monoisotopic (exact) mass is 216 g/mol. The smallest absolute Gasteiger partial charge is 0.0952 e. The molecule has 3 heteroatoms. The fraction of sp³-hybridized carbons (Fsp3) is 0.462. The lowest BCUT2D eigenvalue weighted by Gasteiger charge is -2.32. The molecule has 1 aromatic rings. The van der Waals surface area contributed by atoms with Gasteiger partial charge in [-0.3, -0.25) is 4.90 Å². The summed E-state index contributed by atoms with van der Waals surface area (Å²) in [6.45, 7) is 3.44. The van der Waals surface area contributed by atoms with Crippen LogP contribution in [-0.4, -0.2) is 31.1 Å². The summed E-state index contributed by atoms with van der Waals surface area (Å²) in [7, 11) is 0. The highest BCUT2D eigenvalue weighted by Gasteiger charge is 2.20. The largest absolute Gasteiger partial charge is 0.371 e. The Balaban J connectivity index is 1.94. The normalized spacial score (nSPS) is 21.6. The molecule has 1 atom stereocenters. The van der Waals surface area contributed by atoms with Gasteiger partial charge in [0.25, 0.3) is 0 Å². The third kappa shape index (κ3) is 2.82. The Morgan fingerprint density at radius 3 is 2.94 bits per heavy atom. The van der Waals surface area contributed by atoms with E-state index in [4.69, 9.17) is 10.00 Å². The van der Waals surface area contributed by atoms with Crippen molar-refractivity contribution in [3.63, 3.8) is 0 Å². The molecule has 0 N–H and O–H groups in total. The highest BCUT2D eigenvalue weighted by Crippen LogP contribution is 2.21. The summed E-state index contributed by atoms with van der Waals surface area (Å²) in [4.78, 5) is 2.30. The molecule has 3 nitrogen and oxygen atoms in total. The summed E-state index contributed by atoms with van der Waals surface area (Å²) in [5, 5.41) is 8.57. The van der Waals surface area contributed by atoms with Crippen LogP contribution in [-0.2, 0) is 4.74 Å². The Kier molecular flexibility index (Phi) is 3.92. The Morgan fingerprint density at radius 2 is 2.19 bits per heavy atom. The molecule has 1 aromatic carbocycles. The predicted molar refractivity (Wildman–Crippen MR) is 61.8 cm³/mol. The van der Waals surface area contributed by atoms with Crippen molar-refractivity contribution in [3.8, 4) is 6.07 Å². The minimum absolute atomic E-state index is 0.161. The maximum atomic E-state index is 8.57. The summed E-state index contributed by atoms with van der Waals surface area (Å²) >= 11 is 0. The Labute approximate surface area is 96.2 Å². The topological polar surface area (TPSA) is 36.3 Å². The van der Waals surface area contributed by atoms with Gasteiger partial charge in [0.05, 0.1) is 18.8 Å². The van der Waals surface area contributed by atoms with E-state index in [9.17, 15) is 0 Å².